The Balaban J connectivity index is 3.12. The number of phenolic OH excluding ortho intramolecular Hbond substituents is 1. The molecule has 1 aromatic carbocycles. The molecule has 0 unspecified atom stereocenters. The molecule has 18 heavy (non-hydrogen) atoms. The number of amides is 1. The highest BCUT2D eigenvalue weighted by atomic mass is 32.2. The van der Waals surface area contributed by atoms with Gasteiger partial charge in [-0.1, -0.05) is 19.1 Å². The monoisotopic (exact) mass is 272 g/mol. The van der Waals surface area contributed by atoms with E-state index in [0.29, 0.717) is 0 Å². The predicted molar refractivity (Wildman–Crippen MR) is 66.6 cm³/mol. The molecule has 0 saturated heterocycles. The standard InChI is InChI=1S/C11H16N2O4S/c1-3-13(8-11(15)12-2)18(16,17)10-7-5-4-6-9(10)14/h4-7,14H,3,8H2,1-2H3,(H,12,15). The van der Waals surface area contributed by atoms with Crippen molar-refractivity contribution < 1.29 is 18.3 Å². The third-order valence-electron chi connectivity index (χ3n) is 2.43. The molecule has 0 aliphatic carbocycles. The van der Waals surface area contributed by atoms with E-state index in [1.807, 2.05) is 0 Å². The van der Waals surface area contributed by atoms with Crippen LogP contribution in [0.25, 0.3) is 0 Å². The molecule has 0 aliphatic rings. The molecule has 6 nitrogen and oxygen atoms in total. The number of aromatic hydroxyl groups is 1. The average Bonchev–Trinajstić information content (AvgIpc) is 2.35. The van der Waals surface area contributed by atoms with Gasteiger partial charge in [-0.2, -0.15) is 4.31 Å². The van der Waals surface area contributed by atoms with Gasteiger partial charge in [0, 0.05) is 13.6 Å². The maximum atomic E-state index is 12.2. The lowest BCUT2D eigenvalue weighted by Crippen LogP contribution is -2.39. The molecule has 100 valence electrons. The molecule has 0 aliphatic heterocycles. The summed E-state index contributed by atoms with van der Waals surface area (Å²) in [6.45, 7) is 1.49. The van der Waals surface area contributed by atoms with Gasteiger partial charge in [0.2, 0.25) is 15.9 Å². The molecule has 2 N–H and O–H groups in total. The maximum absolute atomic E-state index is 12.2. The minimum Gasteiger partial charge on any atom is -0.507 e. The fourth-order valence-corrected chi connectivity index (χ4v) is 2.91. The molecule has 1 rings (SSSR count). The van der Waals surface area contributed by atoms with Crippen molar-refractivity contribution in [3.8, 4) is 5.75 Å². The molecule has 0 fully saturated rings. The Hall–Kier alpha value is -1.60. The van der Waals surface area contributed by atoms with E-state index in [1.165, 1.54) is 31.3 Å². The number of sulfonamides is 1. The van der Waals surface area contributed by atoms with Gasteiger partial charge < -0.3 is 10.4 Å². The first-order valence-electron chi connectivity index (χ1n) is 5.42. The van der Waals surface area contributed by atoms with Crippen molar-refractivity contribution in [3.05, 3.63) is 24.3 Å². The van der Waals surface area contributed by atoms with Gasteiger partial charge in [-0.15, -0.1) is 0 Å². The van der Waals surface area contributed by atoms with Gasteiger partial charge in [-0.05, 0) is 12.1 Å². The van der Waals surface area contributed by atoms with E-state index < -0.39 is 15.9 Å². The normalized spacial score (nSPS) is 11.5. The molecule has 1 aromatic rings. The fourth-order valence-electron chi connectivity index (χ4n) is 1.42. The van der Waals surface area contributed by atoms with Crippen molar-refractivity contribution in [1.29, 1.82) is 0 Å². The van der Waals surface area contributed by atoms with Crippen molar-refractivity contribution in [2.24, 2.45) is 0 Å². The van der Waals surface area contributed by atoms with Gasteiger partial charge >= 0.3 is 0 Å². The zero-order valence-electron chi connectivity index (χ0n) is 10.3. The Morgan fingerprint density at radius 1 is 1.39 bits per heavy atom. The lowest BCUT2D eigenvalue weighted by atomic mass is 10.3. The smallest absolute Gasteiger partial charge is 0.247 e. The number of rotatable bonds is 5. The maximum Gasteiger partial charge on any atom is 0.247 e. The third-order valence-corrected chi connectivity index (χ3v) is 4.40. The van der Waals surface area contributed by atoms with Crippen molar-refractivity contribution in [2.75, 3.05) is 20.1 Å². The van der Waals surface area contributed by atoms with Crippen LogP contribution in [0.1, 0.15) is 6.92 Å². The van der Waals surface area contributed by atoms with Gasteiger partial charge in [0.25, 0.3) is 0 Å². The highest BCUT2D eigenvalue weighted by Gasteiger charge is 2.27. The topological polar surface area (TPSA) is 86.7 Å². The summed E-state index contributed by atoms with van der Waals surface area (Å²) in [5, 5.41) is 11.9. The van der Waals surface area contributed by atoms with Crippen molar-refractivity contribution in [1.82, 2.24) is 9.62 Å². The second-order valence-electron chi connectivity index (χ2n) is 3.57. The first kappa shape index (κ1) is 14.5. The van der Waals surface area contributed by atoms with Gasteiger partial charge in [0.15, 0.2) is 0 Å². The summed E-state index contributed by atoms with van der Waals surface area (Å²) in [6.07, 6.45) is 0. The largest absolute Gasteiger partial charge is 0.507 e. The lowest BCUT2D eigenvalue weighted by molar-refractivity contribution is -0.120. The van der Waals surface area contributed by atoms with Crippen LogP contribution >= 0.6 is 0 Å². The molecule has 7 heteroatoms. The van der Waals surface area contributed by atoms with Gasteiger partial charge in [-0.25, -0.2) is 8.42 Å². The van der Waals surface area contributed by atoms with Gasteiger partial charge in [0.05, 0.1) is 6.54 Å². The zero-order chi connectivity index (χ0) is 13.8. The number of likely N-dealkylation sites (N-methyl/N-ethyl adjacent to an activating group) is 2. The minimum atomic E-state index is -3.86. The Labute approximate surface area is 106 Å². The number of nitrogens with one attached hydrogen (secondary N) is 1. The summed E-state index contributed by atoms with van der Waals surface area (Å²) in [7, 11) is -2.43. The molecule has 0 saturated carbocycles. The fraction of sp³-hybridized carbons (Fsp3) is 0.364. The number of benzene rings is 1. The molecule has 1 amide bonds. The van der Waals surface area contributed by atoms with Crippen LogP contribution in [0.15, 0.2) is 29.2 Å². The van der Waals surface area contributed by atoms with Crippen molar-refractivity contribution in [3.63, 3.8) is 0 Å². The Morgan fingerprint density at radius 3 is 2.50 bits per heavy atom. The SMILES string of the molecule is CCN(CC(=O)NC)S(=O)(=O)c1ccccc1O. The molecule has 0 spiro atoms. The number of hydrogen-bond acceptors (Lipinski definition) is 4. The Morgan fingerprint density at radius 2 is 2.00 bits per heavy atom. The molecule has 0 radical (unpaired) electrons. The predicted octanol–water partition coefficient (Wildman–Crippen LogP) is 0.149. The number of phenols is 1. The second-order valence-corrected chi connectivity index (χ2v) is 5.48. The number of carbonyl (C=O) groups excluding carboxylic acids is 1. The van der Waals surface area contributed by atoms with E-state index >= 15 is 0 Å². The summed E-state index contributed by atoms with van der Waals surface area (Å²) in [6, 6.07) is 5.64. The van der Waals surface area contributed by atoms with E-state index in [4.69, 9.17) is 0 Å². The van der Waals surface area contributed by atoms with Crippen molar-refractivity contribution >= 4 is 15.9 Å². The van der Waals surface area contributed by atoms with E-state index in [9.17, 15) is 18.3 Å². The number of para-hydroxylation sites is 1. The number of carbonyl (C=O) groups is 1. The van der Waals surface area contributed by atoms with Gasteiger partial charge in [-0.3, -0.25) is 4.79 Å². The summed E-state index contributed by atoms with van der Waals surface area (Å²) in [5.74, 6) is -0.733. The van der Waals surface area contributed by atoms with Crippen LogP contribution in [-0.2, 0) is 14.8 Å². The van der Waals surface area contributed by atoms with Crippen LogP contribution in [0.3, 0.4) is 0 Å². The highest BCUT2D eigenvalue weighted by Crippen LogP contribution is 2.24. The number of hydrogen-bond donors (Lipinski definition) is 2. The van der Waals surface area contributed by atoms with E-state index in [1.54, 1.807) is 6.92 Å². The highest BCUT2D eigenvalue weighted by molar-refractivity contribution is 7.89. The Bertz CT molecular complexity index is 528. The summed E-state index contributed by atoms with van der Waals surface area (Å²) in [4.78, 5) is 11.1. The Kier molecular flexibility index (Phi) is 4.69. The van der Waals surface area contributed by atoms with E-state index in [-0.39, 0.29) is 23.7 Å². The molecular weight excluding hydrogens is 256 g/mol. The summed E-state index contributed by atoms with van der Waals surface area (Å²) < 4.78 is 25.4. The molecule has 0 bridgehead atoms. The minimum absolute atomic E-state index is 0.143. The first-order valence-corrected chi connectivity index (χ1v) is 6.86. The number of nitrogens with zero attached hydrogens (tertiary/aromatic N) is 1. The van der Waals surface area contributed by atoms with Crippen LogP contribution in [0.2, 0.25) is 0 Å². The lowest BCUT2D eigenvalue weighted by Gasteiger charge is -2.19. The molecule has 0 heterocycles. The van der Waals surface area contributed by atoms with Crippen molar-refractivity contribution in [2.45, 2.75) is 11.8 Å². The van der Waals surface area contributed by atoms with Crippen LogP contribution < -0.4 is 5.32 Å². The van der Waals surface area contributed by atoms with Crippen LogP contribution in [-0.4, -0.2) is 43.9 Å². The van der Waals surface area contributed by atoms with Gasteiger partial charge in [0.1, 0.15) is 10.6 Å². The third kappa shape index (κ3) is 2.99. The molecule has 0 aromatic heterocycles. The second kappa shape index (κ2) is 5.83. The van der Waals surface area contributed by atoms with E-state index in [0.717, 1.165) is 4.31 Å². The van der Waals surface area contributed by atoms with Crippen LogP contribution in [0.5, 0.6) is 5.75 Å². The average molecular weight is 272 g/mol. The summed E-state index contributed by atoms with van der Waals surface area (Å²) >= 11 is 0. The van der Waals surface area contributed by atoms with E-state index in [2.05, 4.69) is 5.32 Å². The van der Waals surface area contributed by atoms with Crippen LogP contribution in [0, 0.1) is 0 Å². The summed E-state index contributed by atoms with van der Waals surface area (Å²) in [5.41, 5.74) is 0. The molecule has 0 atom stereocenters. The molecular formula is C11H16N2O4S. The first-order chi connectivity index (χ1) is 8.43. The van der Waals surface area contributed by atoms with Crippen LogP contribution in [0.4, 0.5) is 0 Å². The quantitative estimate of drug-likeness (QED) is 0.798. The zero-order valence-corrected chi connectivity index (χ0v) is 11.1.